The molecule has 2 rings (SSSR count). The van der Waals surface area contributed by atoms with E-state index in [9.17, 15) is 4.39 Å². The minimum absolute atomic E-state index is 0. The fraction of sp³-hybridized carbons (Fsp3) is 0.562. The van der Waals surface area contributed by atoms with Crippen molar-refractivity contribution >= 4 is 29.9 Å². The lowest BCUT2D eigenvalue weighted by Crippen LogP contribution is -2.45. The second-order valence-electron chi connectivity index (χ2n) is 5.65. The Labute approximate surface area is 148 Å². The van der Waals surface area contributed by atoms with Gasteiger partial charge >= 0.3 is 0 Å². The number of benzene rings is 1. The summed E-state index contributed by atoms with van der Waals surface area (Å²) >= 11 is 0. The maximum absolute atomic E-state index is 13.4. The van der Waals surface area contributed by atoms with Crippen LogP contribution in [-0.4, -0.2) is 36.1 Å². The van der Waals surface area contributed by atoms with Crippen LogP contribution in [0.25, 0.3) is 0 Å². The third-order valence-corrected chi connectivity index (χ3v) is 4.03. The van der Waals surface area contributed by atoms with E-state index in [4.69, 9.17) is 5.11 Å². The number of hydrogen-bond acceptors (Lipinski definition) is 2. The standard InChI is InChI=1S/C16H24FN3O.HI/c1-12-5-7-20(8-6-12)16(18-2)19-10-13-3-4-15(17)14(9-13)11-21;/h3-4,9,12,21H,5-8,10-11H2,1-2H3,(H,18,19);1H. The fourth-order valence-corrected chi connectivity index (χ4v) is 2.59. The molecule has 1 fully saturated rings. The van der Waals surface area contributed by atoms with E-state index in [-0.39, 0.29) is 36.4 Å². The largest absolute Gasteiger partial charge is 0.392 e. The van der Waals surface area contributed by atoms with Gasteiger partial charge in [-0.2, -0.15) is 0 Å². The van der Waals surface area contributed by atoms with Crippen molar-refractivity contribution in [1.29, 1.82) is 0 Å². The number of nitrogens with zero attached hydrogens (tertiary/aromatic N) is 2. The molecule has 1 heterocycles. The summed E-state index contributed by atoms with van der Waals surface area (Å²) in [6, 6.07) is 4.81. The minimum atomic E-state index is -0.365. The minimum Gasteiger partial charge on any atom is -0.392 e. The first-order valence-corrected chi connectivity index (χ1v) is 7.47. The van der Waals surface area contributed by atoms with E-state index in [1.165, 1.54) is 18.9 Å². The number of likely N-dealkylation sites (tertiary alicyclic amines) is 1. The molecule has 0 saturated carbocycles. The third-order valence-electron chi connectivity index (χ3n) is 4.03. The summed E-state index contributed by atoms with van der Waals surface area (Å²) in [5.41, 5.74) is 1.27. The average Bonchev–Trinajstić information content (AvgIpc) is 2.51. The molecule has 4 nitrogen and oxygen atoms in total. The Morgan fingerprint density at radius 3 is 2.68 bits per heavy atom. The summed E-state index contributed by atoms with van der Waals surface area (Å²) in [7, 11) is 1.78. The van der Waals surface area contributed by atoms with Crippen molar-refractivity contribution in [3.8, 4) is 0 Å². The van der Waals surface area contributed by atoms with Crippen LogP contribution in [0.2, 0.25) is 0 Å². The summed E-state index contributed by atoms with van der Waals surface area (Å²) in [5.74, 6) is 1.30. The second kappa shape index (κ2) is 9.29. The fourth-order valence-electron chi connectivity index (χ4n) is 2.59. The normalized spacial score (nSPS) is 16.4. The van der Waals surface area contributed by atoms with Gasteiger partial charge in [0.05, 0.1) is 6.61 Å². The Balaban J connectivity index is 0.00000242. The predicted molar refractivity (Wildman–Crippen MR) is 97.9 cm³/mol. The van der Waals surface area contributed by atoms with Crippen LogP contribution in [0.15, 0.2) is 23.2 Å². The van der Waals surface area contributed by atoms with E-state index in [1.807, 2.05) is 0 Å². The molecule has 0 aromatic heterocycles. The topological polar surface area (TPSA) is 47.9 Å². The van der Waals surface area contributed by atoms with Gasteiger partial charge in [0, 0.05) is 32.2 Å². The average molecular weight is 421 g/mol. The Kier molecular flexibility index (Phi) is 8.09. The monoisotopic (exact) mass is 421 g/mol. The van der Waals surface area contributed by atoms with Crippen LogP contribution in [0, 0.1) is 11.7 Å². The zero-order valence-corrected chi connectivity index (χ0v) is 15.5. The quantitative estimate of drug-likeness (QED) is 0.449. The maximum atomic E-state index is 13.4. The van der Waals surface area contributed by atoms with Gasteiger partial charge in [0.1, 0.15) is 5.82 Å². The van der Waals surface area contributed by atoms with E-state index in [0.29, 0.717) is 12.1 Å². The van der Waals surface area contributed by atoms with Crippen molar-refractivity contribution in [2.45, 2.75) is 32.9 Å². The predicted octanol–water partition coefficient (Wildman–Crippen LogP) is 2.74. The Morgan fingerprint density at radius 1 is 1.41 bits per heavy atom. The lowest BCUT2D eigenvalue weighted by Gasteiger charge is -2.33. The smallest absolute Gasteiger partial charge is 0.193 e. The molecule has 1 aliphatic heterocycles. The van der Waals surface area contributed by atoms with Gasteiger partial charge in [-0.15, -0.1) is 24.0 Å². The number of rotatable bonds is 3. The number of halogens is 2. The SMILES string of the molecule is CN=C(NCc1ccc(F)c(CO)c1)N1CCC(C)CC1.I. The summed E-state index contributed by atoms with van der Waals surface area (Å²) in [6.07, 6.45) is 2.37. The number of nitrogens with one attached hydrogen (secondary N) is 1. The molecule has 0 amide bonds. The van der Waals surface area contributed by atoms with Crippen LogP contribution in [-0.2, 0) is 13.2 Å². The lowest BCUT2D eigenvalue weighted by atomic mass is 9.99. The molecule has 22 heavy (non-hydrogen) atoms. The van der Waals surface area contributed by atoms with E-state index in [0.717, 1.165) is 30.5 Å². The first kappa shape index (κ1) is 19.2. The molecule has 1 aromatic rings. The van der Waals surface area contributed by atoms with Gasteiger partial charge in [0.15, 0.2) is 5.96 Å². The Hall–Kier alpha value is -0.890. The van der Waals surface area contributed by atoms with Crippen LogP contribution >= 0.6 is 24.0 Å². The Bertz CT molecular complexity index is 502. The van der Waals surface area contributed by atoms with Crippen LogP contribution in [0.3, 0.4) is 0 Å². The van der Waals surface area contributed by atoms with Gasteiger partial charge in [-0.3, -0.25) is 4.99 Å². The number of guanidine groups is 1. The molecule has 0 bridgehead atoms. The number of aliphatic imine (C=N–C) groups is 1. The molecular weight excluding hydrogens is 396 g/mol. The molecule has 124 valence electrons. The first-order chi connectivity index (χ1) is 10.1. The molecule has 1 aliphatic rings. The molecule has 0 aliphatic carbocycles. The summed E-state index contributed by atoms with van der Waals surface area (Å²) in [6.45, 7) is 4.62. The number of aliphatic hydroxyl groups is 1. The van der Waals surface area contributed by atoms with Gasteiger partial charge in [0.25, 0.3) is 0 Å². The van der Waals surface area contributed by atoms with Crippen molar-refractivity contribution in [3.05, 3.63) is 35.1 Å². The van der Waals surface area contributed by atoms with Gasteiger partial charge < -0.3 is 15.3 Å². The molecular formula is C16H25FIN3O. The molecule has 6 heteroatoms. The van der Waals surface area contributed by atoms with Crippen LogP contribution < -0.4 is 5.32 Å². The van der Waals surface area contributed by atoms with Crippen LogP contribution in [0.5, 0.6) is 0 Å². The lowest BCUT2D eigenvalue weighted by molar-refractivity contribution is 0.273. The first-order valence-electron chi connectivity index (χ1n) is 7.47. The van der Waals surface area contributed by atoms with E-state index >= 15 is 0 Å². The highest BCUT2D eigenvalue weighted by Crippen LogP contribution is 2.16. The second-order valence-corrected chi connectivity index (χ2v) is 5.65. The molecule has 0 radical (unpaired) electrons. The highest BCUT2D eigenvalue weighted by Gasteiger charge is 2.18. The Morgan fingerprint density at radius 2 is 2.09 bits per heavy atom. The van der Waals surface area contributed by atoms with E-state index in [1.54, 1.807) is 19.2 Å². The van der Waals surface area contributed by atoms with Gasteiger partial charge in [-0.25, -0.2) is 4.39 Å². The summed E-state index contributed by atoms with van der Waals surface area (Å²) < 4.78 is 13.4. The van der Waals surface area contributed by atoms with Gasteiger partial charge in [-0.05, 0) is 36.5 Å². The van der Waals surface area contributed by atoms with Gasteiger partial charge in [-0.1, -0.05) is 13.0 Å². The molecule has 0 spiro atoms. The number of piperidine rings is 1. The van der Waals surface area contributed by atoms with Crippen molar-refractivity contribution in [2.24, 2.45) is 10.9 Å². The zero-order chi connectivity index (χ0) is 15.2. The van der Waals surface area contributed by atoms with Crippen molar-refractivity contribution in [3.63, 3.8) is 0 Å². The summed E-state index contributed by atoms with van der Waals surface area (Å²) in [4.78, 5) is 6.58. The molecule has 2 N–H and O–H groups in total. The maximum Gasteiger partial charge on any atom is 0.193 e. The van der Waals surface area contributed by atoms with Crippen molar-refractivity contribution < 1.29 is 9.50 Å². The van der Waals surface area contributed by atoms with Crippen LogP contribution in [0.1, 0.15) is 30.9 Å². The van der Waals surface area contributed by atoms with Crippen molar-refractivity contribution in [1.82, 2.24) is 10.2 Å². The van der Waals surface area contributed by atoms with Crippen LogP contribution in [0.4, 0.5) is 4.39 Å². The highest BCUT2D eigenvalue weighted by molar-refractivity contribution is 14.0. The molecule has 0 unspecified atom stereocenters. The summed E-state index contributed by atoms with van der Waals surface area (Å²) in [5, 5.41) is 12.4. The molecule has 1 saturated heterocycles. The number of hydrogen-bond donors (Lipinski definition) is 2. The molecule has 1 aromatic carbocycles. The van der Waals surface area contributed by atoms with E-state index in [2.05, 4.69) is 22.1 Å². The molecule has 0 atom stereocenters. The van der Waals surface area contributed by atoms with Crippen molar-refractivity contribution in [2.75, 3.05) is 20.1 Å². The zero-order valence-electron chi connectivity index (χ0n) is 13.2. The van der Waals surface area contributed by atoms with E-state index < -0.39 is 0 Å². The third kappa shape index (κ3) is 5.08. The number of aliphatic hydroxyl groups excluding tert-OH is 1. The van der Waals surface area contributed by atoms with Gasteiger partial charge in [0.2, 0.25) is 0 Å². The highest BCUT2D eigenvalue weighted by atomic mass is 127.